The molecule has 1 aliphatic carbocycles. The third-order valence-corrected chi connectivity index (χ3v) is 4.42. The summed E-state index contributed by atoms with van der Waals surface area (Å²) in [5.74, 6) is 0.118. The van der Waals surface area contributed by atoms with Crippen molar-refractivity contribution in [2.45, 2.75) is 40.7 Å². The zero-order valence-corrected chi connectivity index (χ0v) is 10.9. The van der Waals surface area contributed by atoms with Crippen LogP contribution >= 0.6 is 12.2 Å². The minimum Gasteiger partial charge on any atom is -0.392 e. The summed E-state index contributed by atoms with van der Waals surface area (Å²) < 4.78 is 0. The molecule has 0 spiro atoms. The number of hydrogen-bond donors (Lipinski definition) is 2. The van der Waals surface area contributed by atoms with Crippen molar-refractivity contribution in [3.05, 3.63) is 0 Å². The maximum Gasteiger partial charge on any atom is 0.224 e. The Labute approximate surface area is 96.8 Å². The second-order valence-corrected chi connectivity index (χ2v) is 5.98. The Balaban J connectivity index is 2.63. The molecule has 1 atom stereocenters. The SMILES string of the molecule is CC(NC(=O)C1C(C)(C)C1(C)C)C(N)=S. The van der Waals surface area contributed by atoms with Crippen molar-refractivity contribution in [1.29, 1.82) is 0 Å². The normalized spacial score (nSPS) is 24.3. The summed E-state index contributed by atoms with van der Waals surface area (Å²) in [7, 11) is 0. The fraction of sp³-hybridized carbons (Fsp3) is 0.818. The van der Waals surface area contributed by atoms with Gasteiger partial charge in [0.1, 0.15) is 0 Å². The Hall–Kier alpha value is -0.640. The highest BCUT2D eigenvalue weighted by molar-refractivity contribution is 7.80. The molecule has 0 heterocycles. The summed E-state index contributed by atoms with van der Waals surface area (Å²) >= 11 is 4.82. The lowest BCUT2D eigenvalue weighted by molar-refractivity contribution is -0.123. The first kappa shape index (κ1) is 12.4. The number of thiocarbonyl (C=S) groups is 1. The zero-order chi connectivity index (χ0) is 12.0. The molecule has 3 N–H and O–H groups in total. The predicted octanol–water partition coefficient (Wildman–Crippen LogP) is 1.46. The lowest BCUT2D eigenvalue weighted by Crippen LogP contribution is -2.42. The smallest absolute Gasteiger partial charge is 0.224 e. The first-order valence-electron chi connectivity index (χ1n) is 5.22. The van der Waals surface area contributed by atoms with Crippen LogP contribution in [0.25, 0.3) is 0 Å². The van der Waals surface area contributed by atoms with Gasteiger partial charge in [0.25, 0.3) is 0 Å². The Morgan fingerprint density at radius 2 is 1.73 bits per heavy atom. The number of carbonyl (C=O) groups excluding carboxylic acids is 1. The lowest BCUT2D eigenvalue weighted by Gasteiger charge is -2.12. The van der Waals surface area contributed by atoms with Gasteiger partial charge in [0.15, 0.2) is 0 Å². The van der Waals surface area contributed by atoms with Crippen LogP contribution < -0.4 is 11.1 Å². The largest absolute Gasteiger partial charge is 0.392 e. The van der Waals surface area contributed by atoms with E-state index in [0.717, 1.165) is 0 Å². The first-order valence-corrected chi connectivity index (χ1v) is 5.63. The van der Waals surface area contributed by atoms with Crippen molar-refractivity contribution in [3.8, 4) is 0 Å². The van der Waals surface area contributed by atoms with Gasteiger partial charge in [0, 0.05) is 5.92 Å². The molecule has 0 bridgehead atoms. The number of rotatable bonds is 3. The molecule has 1 fully saturated rings. The Morgan fingerprint density at radius 1 is 1.33 bits per heavy atom. The number of nitrogens with one attached hydrogen (secondary N) is 1. The number of carbonyl (C=O) groups is 1. The van der Waals surface area contributed by atoms with E-state index in [9.17, 15) is 4.79 Å². The highest BCUT2D eigenvalue weighted by Gasteiger charge is 2.68. The first-order chi connectivity index (χ1) is 6.62. The molecule has 86 valence electrons. The van der Waals surface area contributed by atoms with Gasteiger partial charge in [0.05, 0.1) is 11.0 Å². The molecule has 15 heavy (non-hydrogen) atoms. The molecule has 1 saturated carbocycles. The molecule has 1 amide bonds. The van der Waals surface area contributed by atoms with Crippen LogP contribution in [-0.4, -0.2) is 16.9 Å². The maximum atomic E-state index is 11.9. The van der Waals surface area contributed by atoms with Crippen molar-refractivity contribution in [2.75, 3.05) is 0 Å². The number of hydrogen-bond acceptors (Lipinski definition) is 2. The quantitative estimate of drug-likeness (QED) is 0.719. The fourth-order valence-corrected chi connectivity index (χ4v) is 2.28. The summed E-state index contributed by atoms with van der Waals surface area (Å²) in [6.45, 7) is 10.3. The summed E-state index contributed by atoms with van der Waals surface area (Å²) in [6.07, 6.45) is 0. The molecule has 3 nitrogen and oxygen atoms in total. The monoisotopic (exact) mass is 228 g/mol. The van der Waals surface area contributed by atoms with Crippen LogP contribution in [0.2, 0.25) is 0 Å². The van der Waals surface area contributed by atoms with Crippen LogP contribution in [0.5, 0.6) is 0 Å². The van der Waals surface area contributed by atoms with Crippen molar-refractivity contribution < 1.29 is 4.79 Å². The Bertz CT molecular complexity index is 296. The molecule has 0 saturated heterocycles. The van der Waals surface area contributed by atoms with Gasteiger partial charge >= 0.3 is 0 Å². The molecule has 1 aliphatic rings. The average molecular weight is 228 g/mol. The minimum absolute atomic E-state index is 0.0572. The van der Waals surface area contributed by atoms with E-state index in [0.29, 0.717) is 4.99 Å². The van der Waals surface area contributed by atoms with E-state index >= 15 is 0 Å². The summed E-state index contributed by atoms with van der Waals surface area (Å²) in [6, 6.07) is -0.223. The molecule has 1 rings (SSSR count). The number of amides is 1. The van der Waals surface area contributed by atoms with E-state index in [1.165, 1.54) is 0 Å². The summed E-state index contributed by atoms with van der Waals surface area (Å²) in [4.78, 5) is 12.3. The van der Waals surface area contributed by atoms with Crippen molar-refractivity contribution in [2.24, 2.45) is 22.5 Å². The summed E-state index contributed by atoms with van der Waals surface area (Å²) in [5, 5.41) is 2.85. The molecule has 4 heteroatoms. The Morgan fingerprint density at radius 3 is 2.00 bits per heavy atom. The van der Waals surface area contributed by atoms with Gasteiger partial charge in [-0.3, -0.25) is 4.79 Å². The van der Waals surface area contributed by atoms with Gasteiger partial charge < -0.3 is 11.1 Å². The number of nitrogens with two attached hydrogens (primary N) is 1. The van der Waals surface area contributed by atoms with E-state index in [-0.39, 0.29) is 28.7 Å². The maximum absolute atomic E-state index is 11.9. The van der Waals surface area contributed by atoms with E-state index in [1.54, 1.807) is 0 Å². The molecular formula is C11H20N2OS. The molecule has 1 unspecified atom stereocenters. The topological polar surface area (TPSA) is 55.1 Å². The van der Waals surface area contributed by atoms with Crippen LogP contribution in [0.15, 0.2) is 0 Å². The van der Waals surface area contributed by atoms with Gasteiger partial charge in [-0.05, 0) is 17.8 Å². The van der Waals surface area contributed by atoms with Gasteiger partial charge in [-0.1, -0.05) is 39.9 Å². The van der Waals surface area contributed by atoms with E-state index in [4.69, 9.17) is 18.0 Å². The van der Waals surface area contributed by atoms with Crippen LogP contribution in [0.3, 0.4) is 0 Å². The third-order valence-electron chi connectivity index (χ3n) is 4.07. The van der Waals surface area contributed by atoms with Crippen LogP contribution in [0.1, 0.15) is 34.6 Å². The van der Waals surface area contributed by atoms with Gasteiger partial charge in [-0.15, -0.1) is 0 Å². The van der Waals surface area contributed by atoms with Crippen LogP contribution in [-0.2, 0) is 4.79 Å². The third kappa shape index (κ3) is 1.87. The van der Waals surface area contributed by atoms with E-state index in [2.05, 4.69) is 33.0 Å². The van der Waals surface area contributed by atoms with Crippen LogP contribution in [0, 0.1) is 16.7 Å². The van der Waals surface area contributed by atoms with Gasteiger partial charge in [-0.25, -0.2) is 0 Å². The fourth-order valence-electron chi connectivity index (χ4n) is 2.22. The highest BCUT2D eigenvalue weighted by Crippen LogP contribution is 2.68. The summed E-state index contributed by atoms with van der Waals surface area (Å²) in [5.41, 5.74) is 5.58. The molecule has 0 aliphatic heterocycles. The second-order valence-electron chi connectivity index (χ2n) is 5.51. The average Bonchev–Trinajstić information content (AvgIpc) is 2.41. The van der Waals surface area contributed by atoms with Gasteiger partial charge in [0.2, 0.25) is 5.91 Å². The minimum atomic E-state index is -0.223. The van der Waals surface area contributed by atoms with Crippen LogP contribution in [0.4, 0.5) is 0 Å². The molecule has 0 aromatic carbocycles. The second kappa shape index (κ2) is 3.44. The molecule has 0 radical (unpaired) electrons. The molecular weight excluding hydrogens is 208 g/mol. The lowest BCUT2D eigenvalue weighted by atomic mass is 10.0. The van der Waals surface area contributed by atoms with E-state index in [1.807, 2.05) is 6.92 Å². The standard InChI is InChI=1S/C11H20N2OS/c1-6(8(12)15)13-9(14)7-10(2,3)11(7,4)5/h6-7H,1-5H3,(H2,12,15)(H,13,14). The predicted molar refractivity (Wildman–Crippen MR) is 65.4 cm³/mol. The Kier molecular flexibility index (Phi) is 2.85. The van der Waals surface area contributed by atoms with Gasteiger partial charge in [-0.2, -0.15) is 0 Å². The zero-order valence-electron chi connectivity index (χ0n) is 10.0. The van der Waals surface area contributed by atoms with E-state index < -0.39 is 0 Å². The van der Waals surface area contributed by atoms with Crippen molar-refractivity contribution >= 4 is 23.1 Å². The molecule has 0 aromatic heterocycles. The van der Waals surface area contributed by atoms with Crippen molar-refractivity contribution in [3.63, 3.8) is 0 Å². The highest BCUT2D eigenvalue weighted by atomic mass is 32.1. The van der Waals surface area contributed by atoms with Crippen molar-refractivity contribution in [1.82, 2.24) is 5.32 Å². The molecule has 0 aromatic rings.